The number of hydroxylamine groups is 2. The molecule has 0 saturated carbocycles. The van der Waals surface area contributed by atoms with Crippen molar-refractivity contribution < 1.29 is 32.7 Å². The summed E-state index contributed by atoms with van der Waals surface area (Å²) in [5.74, 6) is -2.00. The Morgan fingerprint density at radius 1 is 1.14 bits per heavy atom. The fourth-order valence-corrected chi connectivity index (χ4v) is 4.23. The van der Waals surface area contributed by atoms with Gasteiger partial charge in [0.15, 0.2) is 11.6 Å². The van der Waals surface area contributed by atoms with Crippen LogP contribution >= 0.6 is 0 Å². The quantitative estimate of drug-likeness (QED) is 0.541. The van der Waals surface area contributed by atoms with E-state index in [9.17, 15) is 14.4 Å². The molecule has 2 amide bonds. The van der Waals surface area contributed by atoms with Crippen molar-refractivity contribution in [3.63, 3.8) is 0 Å². The first-order valence-electron chi connectivity index (χ1n) is 12.1. The summed E-state index contributed by atoms with van der Waals surface area (Å²) in [5.41, 5.74) is 0.768. The summed E-state index contributed by atoms with van der Waals surface area (Å²) in [6.07, 6.45) is 2.71. The Balaban J connectivity index is 1.34. The SMILES string of the molecule is CC(=O)CC[C@H]1CN(c2cc(F)c(N3CCON(C(=O)CNCc4ccncc4)CC3)c(F)c2)C(=O)O1. The number of hydrogen-bond acceptors (Lipinski definition) is 8. The van der Waals surface area contributed by atoms with Gasteiger partial charge >= 0.3 is 6.09 Å². The van der Waals surface area contributed by atoms with Gasteiger partial charge in [0.05, 0.1) is 31.9 Å². The molecule has 0 radical (unpaired) electrons. The van der Waals surface area contributed by atoms with Crippen LogP contribution in [-0.4, -0.2) is 73.3 Å². The number of aromatic nitrogens is 1. The summed E-state index contributed by atoms with van der Waals surface area (Å²) in [7, 11) is 0. The van der Waals surface area contributed by atoms with Crippen LogP contribution in [0.4, 0.5) is 25.0 Å². The first-order chi connectivity index (χ1) is 17.8. The zero-order valence-corrected chi connectivity index (χ0v) is 20.5. The molecule has 2 fully saturated rings. The number of halogens is 2. The van der Waals surface area contributed by atoms with Crippen molar-refractivity contribution in [3.05, 3.63) is 53.9 Å². The lowest BCUT2D eigenvalue weighted by atomic mass is 10.1. The molecule has 37 heavy (non-hydrogen) atoms. The molecule has 1 N–H and O–H groups in total. The third kappa shape index (κ3) is 6.77. The Morgan fingerprint density at radius 3 is 2.57 bits per heavy atom. The number of pyridine rings is 1. The summed E-state index contributed by atoms with van der Waals surface area (Å²) in [5, 5.41) is 4.24. The van der Waals surface area contributed by atoms with Gasteiger partial charge in [0.25, 0.3) is 5.91 Å². The average Bonchev–Trinajstić information content (AvgIpc) is 3.07. The van der Waals surface area contributed by atoms with Gasteiger partial charge in [-0.3, -0.25) is 19.5 Å². The molecule has 10 nitrogen and oxygen atoms in total. The lowest BCUT2D eigenvalue weighted by molar-refractivity contribution is -0.180. The topological polar surface area (TPSA) is 104 Å². The first kappa shape index (κ1) is 26.4. The van der Waals surface area contributed by atoms with Gasteiger partial charge in [-0.05, 0) is 31.0 Å². The lowest BCUT2D eigenvalue weighted by Crippen LogP contribution is -2.39. The molecule has 12 heteroatoms. The highest BCUT2D eigenvalue weighted by Gasteiger charge is 2.34. The number of anilines is 2. The Kier molecular flexibility index (Phi) is 8.62. The fourth-order valence-electron chi connectivity index (χ4n) is 4.23. The maximum atomic E-state index is 15.1. The number of rotatable bonds is 9. The smallest absolute Gasteiger partial charge is 0.414 e. The molecular weight excluding hydrogens is 488 g/mol. The third-order valence-electron chi connectivity index (χ3n) is 6.14. The predicted molar refractivity (Wildman–Crippen MR) is 130 cm³/mol. The van der Waals surface area contributed by atoms with Crippen molar-refractivity contribution in [2.24, 2.45) is 0 Å². The van der Waals surface area contributed by atoms with Gasteiger partial charge in [-0.15, -0.1) is 0 Å². The van der Waals surface area contributed by atoms with Gasteiger partial charge in [-0.1, -0.05) is 0 Å². The number of benzene rings is 1. The van der Waals surface area contributed by atoms with E-state index in [0.29, 0.717) is 13.0 Å². The average molecular weight is 518 g/mol. The largest absolute Gasteiger partial charge is 0.444 e. The molecule has 2 aliphatic rings. The van der Waals surface area contributed by atoms with Gasteiger partial charge in [-0.25, -0.2) is 18.6 Å². The Hall–Kier alpha value is -3.64. The fraction of sp³-hybridized carbons (Fsp3) is 0.440. The van der Waals surface area contributed by atoms with Crippen LogP contribution in [0.5, 0.6) is 0 Å². The van der Waals surface area contributed by atoms with Crippen LogP contribution in [-0.2, 0) is 25.7 Å². The van der Waals surface area contributed by atoms with Gasteiger partial charge in [0, 0.05) is 50.6 Å². The maximum Gasteiger partial charge on any atom is 0.414 e. The van der Waals surface area contributed by atoms with Crippen LogP contribution in [0.3, 0.4) is 0 Å². The monoisotopic (exact) mass is 517 g/mol. The number of nitrogens with one attached hydrogen (secondary N) is 1. The Labute approximate surface area is 213 Å². The standard InChI is InChI=1S/C25H29F2N5O5/c1-17(33)2-3-20-16-31(25(35)37-20)19-12-21(26)24(22(27)13-19)30-8-9-32(36-11-10-30)23(34)15-29-14-18-4-6-28-7-5-18/h4-7,12-13,20,29H,2-3,8-11,14-16H2,1H3/t20-/m0/s1. The number of nitrogens with zero attached hydrogens (tertiary/aromatic N) is 4. The number of Topliss-reactive ketones (excluding diaryl/α,β-unsaturated/α-hetero) is 1. The molecule has 2 aromatic rings. The molecule has 2 saturated heterocycles. The first-order valence-corrected chi connectivity index (χ1v) is 12.1. The molecular formula is C25H29F2N5O5. The third-order valence-corrected chi connectivity index (χ3v) is 6.14. The molecule has 0 bridgehead atoms. The number of hydrogen-bond donors (Lipinski definition) is 1. The van der Waals surface area contributed by atoms with E-state index >= 15 is 8.78 Å². The lowest BCUT2D eigenvalue weighted by Gasteiger charge is -2.24. The van der Waals surface area contributed by atoms with E-state index in [-0.39, 0.29) is 68.8 Å². The highest BCUT2D eigenvalue weighted by atomic mass is 19.1. The van der Waals surface area contributed by atoms with E-state index < -0.39 is 23.8 Å². The summed E-state index contributed by atoms with van der Waals surface area (Å²) >= 11 is 0. The molecule has 2 aliphatic heterocycles. The van der Waals surface area contributed by atoms with Crippen molar-refractivity contribution in [1.82, 2.24) is 15.4 Å². The van der Waals surface area contributed by atoms with Crippen LogP contribution in [0.25, 0.3) is 0 Å². The van der Waals surface area contributed by atoms with Gasteiger partial charge in [0.1, 0.15) is 17.6 Å². The molecule has 0 unspecified atom stereocenters. The number of ketones is 1. The van der Waals surface area contributed by atoms with E-state index in [4.69, 9.17) is 9.57 Å². The number of cyclic esters (lactones) is 1. The second-order valence-corrected chi connectivity index (χ2v) is 8.89. The number of carbonyl (C=O) groups excluding carboxylic acids is 3. The molecule has 1 aromatic heterocycles. The molecule has 198 valence electrons. The van der Waals surface area contributed by atoms with E-state index in [1.165, 1.54) is 16.9 Å². The molecule has 1 aromatic carbocycles. The van der Waals surface area contributed by atoms with Crippen molar-refractivity contribution in [1.29, 1.82) is 0 Å². The summed E-state index contributed by atoms with van der Waals surface area (Å²) < 4.78 is 35.4. The van der Waals surface area contributed by atoms with Crippen molar-refractivity contribution in [2.45, 2.75) is 32.4 Å². The molecule has 3 heterocycles. The number of ether oxygens (including phenoxy) is 1. The van der Waals surface area contributed by atoms with Crippen LogP contribution in [0.1, 0.15) is 25.3 Å². The highest BCUT2D eigenvalue weighted by molar-refractivity contribution is 5.90. The Bertz CT molecular complexity index is 1110. The van der Waals surface area contributed by atoms with Crippen LogP contribution in [0, 0.1) is 11.6 Å². The van der Waals surface area contributed by atoms with Crippen molar-refractivity contribution in [3.8, 4) is 0 Å². The minimum Gasteiger partial charge on any atom is -0.444 e. The normalized spacial score (nSPS) is 18.1. The Morgan fingerprint density at radius 2 is 1.86 bits per heavy atom. The van der Waals surface area contributed by atoms with E-state index in [0.717, 1.165) is 22.6 Å². The van der Waals surface area contributed by atoms with Crippen molar-refractivity contribution >= 4 is 29.2 Å². The van der Waals surface area contributed by atoms with E-state index in [1.807, 2.05) is 12.1 Å². The highest BCUT2D eigenvalue weighted by Crippen LogP contribution is 2.32. The van der Waals surface area contributed by atoms with Crippen LogP contribution in [0.15, 0.2) is 36.7 Å². The number of carbonyl (C=O) groups is 3. The van der Waals surface area contributed by atoms with E-state index in [2.05, 4.69) is 10.3 Å². The van der Waals surface area contributed by atoms with Gasteiger partial charge < -0.3 is 19.7 Å². The predicted octanol–water partition coefficient (Wildman–Crippen LogP) is 2.42. The van der Waals surface area contributed by atoms with Crippen LogP contribution in [0.2, 0.25) is 0 Å². The van der Waals surface area contributed by atoms with E-state index in [1.54, 1.807) is 12.4 Å². The second-order valence-electron chi connectivity index (χ2n) is 8.89. The maximum absolute atomic E-state index is 15.1. The minimum atomic E-state index is -0.839. The summed E-state index contributed by atoms with van der Waals surface area (Å²) in [6, 6.07) is 5.85. The number of amides is 2. The van der Waals surface area contributed by atoms with Gasteiger partial charge in [-0.2, -0.15) is 0 Å². The molecule has 1 atom stereocenters. The van der Waals surface area contributed by atoms with Crippen molar-refractivity contribution in [2.75, 3.05) is 49.1 Å². The zero-order valence-electron chi connectivity index (χ0n) is 20.5. The molecule has 0 aliphatic carbocycles. The second kappa shape index (κ2) is 12.1. The van der Waals surface area contributed by atoms with Gasteiger partial charge in [0.2, 0.25) is 0 Å². The molecule has 4 rings (SSSR count). The minimum absolute atomic E-state index is 0.0288. The summed E-state index contributed by atoms with van der Waals surface area (Å²) in [4.78, 5) is 48.1. The molecule has 0 spiro atoms. The summed E-state index contributed by atoms with van der Waals surface area (Å²) in [6.45, 7) is 2.58. The zero-order chi connectivity index (χ0) is 26.4. The van der Waals surface area contributed by atoms with Crippen LogP contribution < -0.4 is 15.1 Å².